The number of nitro benzene ring substituents is 1. The summed E-state index contributed by atoms with van der Waals surface area (Å²) >= 11 is 7.87. The highest BCUT2D eigenvalue weighted by Gasteiger charge is 2.44. The Morgan fingerprint density at radius 3 is 2.69 bits per heavy atom. The molecule has 0 radical (unpaired) electrons. The number of hydrogen-bond acceptors (Lipinski definition) is 9. The molecule has 1 amide bonds. The number of hydrogen-bond donors (Lipinski definition) is 1. The molecule has 1 unspecified atom stereocenters. The van der Waals surface area contributed by atoms with E-state index in [4.69, 9.17) is 17.0 Å². The summed E-state index contributed by atoms with van der Waals surface area (Å²) in [5.41, 5.74) is 0.449. The molecule has 2 rings (SSSR count). The third kappa shape index (κ3) is 5.16. The van der Waals surface area contributed by atoms with Crippen LogP contribution in [0.15, 0.2) is 24.3 Å². The second-order valence-electron chi connectivity index (χ2n) is 5.17. The summed E-state index contributed by atoms with van der Waals surface area (Å²) in [6, 6.07) is 5.48. The van der Waals surface area contributed by atoms with Gasteiger partial charge in [0, 0.05) is 12.1 Å². The number of aliphatic hydroxyl groups is 1. The number of rotatable bonds is 7. The largest absolute Gasteiger partial charge is 0.457 e. The first-order valence-corrected chi connectivity index (χ1v) is 9.83. The highest BCUT2D eigenvalue weighted by molar-refractivity contribution is 8.47. The lowest BCUT2D eigenvalue weighted by Crippen LogP contribution is -2.59. The lowest BCUT2D eigenvalue weighted by Gasteiger charge is -2.41. The fourth-order valence-electron chi connectivity index (χ4n) is 2.11. The molecule has 1 aromatic rings. The number of amides is 1. The molecule has 1 fully saturated rings. The smallest absolute Gasteiger partial charge is 0.356 e. The molecule has 1 aliphatic rings. The molecule has 11 heteroatoms. The number of esters is 1. The van der Waals surface area contributed by atoms with Crippen molar-refractivity contribution in [3.8, 4) is 0 Å². The van der Waals surface area contributed by atoms with Crippen molar-refractivity contribution in [1.82, 2.24) is 4.90 Å². The third-order valence-electron chi connectivity index (χ3n) is 3.44. The van der Waals surface area contributed by atoms with Crippen LogP contribution in [0.3, 0.4) is 0 Å². The molecule has 26 heavy (non-hydrogen) atoms. The number of non-ortho nitro benzene ring substituents is 1. The van der Waals surface area contributed by atoms with Gasteiger partial charge >= 0.3 is 5.97 Å². The van der Waals surface area contributed by atoms with E-state index in [2.05, 4.69) is 0 Å². The predicted octanol–water partition coefficient (Wildman–Crippen LogP) is 2.29. The maximum Gasteiger partial charge on any atom is 0.356 e. The van der Waals surface area contributed by atoms with E-state index in [1.165, 1.54) is 47.8 Å². The number of thioether (sulfide) groups is 2. The van der Waals surface area contributed by atoms with Crippen LogP contribution < -0.4 is 0 Å². The second-order valence-corrected chi connectivity index (χ2v) is 8.81. The number of nitro groups is 1. The van der Waals surface area contributed by atoms with Crippen LogP contribution in [0.4, 0.5) is 5.69 Å². The van der Waals surface area contributed by atoms with Crippen molar-refractivity contribution in [2.75, 3.05) is 5.75 Å². The van der Waals surface area contributed by atoms with Gasteiger partial charge < -0.3 is 9.84 Å². The molecular formula is C15H16N2O6S3. The van der Waals surface area contributed by atoms with Gasteiger partial charge in [0.2, 0.25) is 12.1 Å². The maximum atomic E-state index is 12.0. The Morgan fingerprint density at radius 2 is 2.15 bits per heavy atom. The zero-order valence-corrected chi connectivity index (χ0v) is 16.1. The quantitative estimate of drug-likeness (QED) is 0.235. The van der Waals surface area contributed by atoms with E-state index < -0.39 is 22.5 Å². The Labute approximate surface area is 163 Å². The summed E-state index contributed by atoms with van der Waals surface area (Å²) in [5.74, 6) is -0.519. The van der Waals surface area contributed by atoms with E-state index in [1.54, 1.807) is 0 Å². The lowest BCUT2D eigenvalue weighted by atomic mass is 10.2. The highest BCUT2D eigenvalue weighted by atomic mass is 32.2. The number of carbonyl (C=O) groups excluding carboxylic acids is 2. The Hall–Kier alpha value is -1.69. The van der Waals surface area contributed by atoms with Gasteiger partial charge in [0.15, 0.2) is 0 Å². The van der Waals surface area contributed by atoms with Crippen LogP contribution in [-0.2, 0) is 20.9 Å². The monoisotopic (exact) mass is 416 g/mol. The van der Waals surface area contributed by atoms with E-state index in [1.807, 2.05) is 6.92 Å². The maximum absolute atomic E-state index is 12.0. The zero-order chi connectivity index (χ0) is 19.3. The van der Waals surface area contributed by atoms with Crippen molar-refractivity contribution >= 4 is 56.8 Å². The van der Waals surface area contributed by atoms with Crippen LogP contribution in [0.1, 0.15) is 18.9 Å². The minimum absolute atomic E-state index is 0.0768. The fourth-order valence-corrected chi connectivity index (χ4v) is 4.79. The molecular weight excluding hydrogens is 400 g/mol. The zero-order valence-electron chi connectivity index (χ0n) is 13.7. The molecule has 0 bridgehead atoms. The molecule has 1 aliphatic heterocycles. The van der Waals surface area contributed by atoms with Crippen molar-refractivity contribution in [1.29, 1.82) is 0 Å². The average molecular weight is 417 g/mol. The van der Waals surface area contributed by atoms with Crippen molar-refractivity contribution in [3.05, 3.63) is 39.9 Å². The molecule has 2 atom stereocenters. The van der Waals surface area contributed by atoms with Crippen LogP contribution in [-0.4, -0.2) is 47.7 Å². The number of likely N-dealkylation sites (tertiary alicyclic amines) is 1. The molecule has 1 aromatic carbocycles. The number of benzene rings is 1. The van der Waals surface area contributed by atoms with E-state index in [9.17, 15) is 24.8 Å². The number of nitrogens with zero attached hydrogens (tertiary/aromatic N) is 2. The lowest BCUT2D eigenvalue weighted by molar-refractivity contribution is -0.384. The highest BCUT2D eigenvalue weighted by Crippen LogP contribution is 2.35. The van der Waals surface area contributed by atoms with Crippen LogP contribution in [0.2, 0.25) is 0 Å². The van der Waals surface area contributed by atoms with Crippen molar-refractivity contribution in [2.45, 2.75) is 31.6 Å². The van der Waals surface area contributed by atoms with Crippen molar-refractivity contribution < 1.29 is 24.4 Å². The summed E-state index contributed by atoms with van der Waals surface area (Å²) in [6.45, 7) is 1.78. The van der Waals surface area contributed by atoms with Gasteiger partial charge in [0.1, 0.15) is 10.1 Å². The minimum atomic E-state index is -1.71. The summed E-state index contributed by atoms with van der Waals surface area (Å²) in [6.07, 6.45) is -1.51. The number of thiocarbonyl (C=S) groups is 1. The standard InChI is InChI=1S/C15H16N2O6S3/c1-2-25-15(24)26-12-7-11(18)16(12)13(19)14(20)23-8-9-3-5-10(6-4-9)17(21)22/h3-6,12-13,19H,2,7-8H2,1H3/t12-,13?/m1/s1. The molecule has 8 nitrogen and oxygen atoms in total. The molecule has 0 saturated carbocycles. The van der Waals surface area contributed by atoms with Gasteiger partial charge in [-0.3, -0.25) is 19.8 Å². The van der Waals surface area contributed by atoms with Crippen LogP contribution >= 0.6 is 35.7 Å². The number of carbonyl (C=O) groups is 2. The van der Waals surface area contributed by atoms with Crippen LogP contribution in [0, 0.1) is 10.1 Å². The summed E-state index contributed by atoms with van der Waals surface area (Å²) in [5, 5.41) is 20.3. The first kappa shape index (κ1) is 20.6. The SMILES string of the molecule is CCSC(=S)S[C@@H]1CC(=O)N1C(O)C(=O)OCc1ccc([N+](=O)[O-])cc1. The molecule has 1 saturated heterocycles. The van der Waals surface area contributed by atoms with Gasteiger partial charge in [0.25, 0.3) is 5.69 Å². The Bertz CT molecular complexity index is 712. The first-order chi connectivity index (χ1) is 12.3. The predicted molar refractivity (Wildman–Crippen MR) is 102 cm³/mol. The second kappa shape index (κ2) is 9.31. The van der Waals surface area contributed by atoms with Gasteiger partial charge in [-0.1, -0.05) is 30.9 Å². The third-order valence-corrected chi connectivity index (χ3v) is 6.11. The average Bonchev–Trinajstić information content (AvgIpc) is 2.59. The van der Waals surface area contributed by atoms with E-state index >= 15 is 0 Å². The van der Waals surface area contributed by atoms with Gasteiger partial charge in [-0.15, -0.1) is 11.8 Å². The number of ether oxygens (including phenoxy) is 1. The molecule has 0 spiro atoms. The number of aliphatic hydroxyl groups excluding tert-OH is 1. The molecule has 0 aromatic heterocycles. The summed E-state index contributed by atoms with van der Waals surface area (Å²) < 4.78 is 5.64. The van der Waals surface area contributed by atoms with Gasteiger partial charge in [-0.25, -0.2) is 4.79 Å². The van der Waals surface area contributed by atoms with Gasteiger partial charge in [-0.2, -0.15) is 0 Å². The molecule has 0 aliphatic carbocycles. The topological polar surface area (TPSA) is 110 Å². The summed E-state index contributed by atoms with van der Waals surface area (Å²) in [4.78, 5) is 34.9. The van der Waals surface area contributed by atoms with Crippen LogP contribution in [0.25, 0.3) is 0 Å². The van der Waals surface area contributed by atoms with Crippen molar-refractivity contribution in [3.63, 3.8) is 0 Å². The molecule has 1 N–H and O–H groups in total. The van der Waals surface area contributed by atoms with Gasteiger partial charge in [0.05, 0.1) is 16.7 Å². The Kier molecular flexibility index (Phi) is 7.38. The van der Waals surface area contributed by atoms with E-state index in [0.29, 0.717) is 9.09 Å². The first-order valence-electron chi connectivity index (χ1n) is 7.56. The normalized spacial score (nSPS) is 17.4. The van der Waals surface area contributed by atoms with Crippen LogP contribution in [0.5, 0.6) is 0 Å². The minimum Gasteiger partial charge on any atom is -0.457 e. The van der Waals surface area contributed by atoms with E-state index in [0.717, 1.165) is 10.7 Å². The molecule has 1 heterocycles. The number of β-lactam (4-membered cyclic amide) rings is 1. The van der Waals surface area contributed by atoms with Crippen molar-refractivity contribution in [2.24, 2.45) is 0 Å². The van der Waals surface area contributed by atoms with Gasteiger partial charge in [-0.05, 0) is 23.4 Å². The molecule has 140 valence electrons. The Morgan fingerprint density at radius 1 is 1.50 bits per heavy atom. The fraction of sp³-hybridized carbons (Fsp3) is 0.400. The summed E-state index contributed by atoms with van der Waals surface area (Å²) in [7, 11) is 0. The Balaban J connectivity index is 1.88. The van der Waals surface area contributed by atoms with E-state index in [-0.39, 0.29) is 24.6 Å².